The van der Waals surface area contributed by atoms with Crippen molar-refractivity contribution in [3.63, 3.8) is 0 Å². The average Bonchev–Trinajstić information content (AvgIpc) is 3.24. The molecule has 2 rings (SSSR count). The van der Waals surface area contributed by atoms with Crippen LogP contribution in [0.25, 0.3) is 0 Å². The van der Waals surface area contributed by atoms with Crippen LogP contribution in [0.1, 0.15) is 39.5 Å². The van der Waals surface area contributed by atoms with E-state index in [1.165, 1.54) is 32.5 Å². The van der Waals surface area contributed by atoms with Crippen molar-refractivity contribution in [2.24, 2.45) is 10.9 Å². The van der Waals surface area contributed by atoms with Crippen LogP contribution >= 0.6 is 24.0 Å². The highest BCUT2D eigenvalue weighted by atomic mass is 127. The second-order valence-electron chi connectivity index (χ2n) is 6.81. The van der Waals surface area contributed by atoms with Crippen molar-refractivity contribution < 1.29 is 9.47 Å². The summed E-state index contributed by atoms with van der Waals surface area (Å²) in [6.45, 7) is 13.1. The third-order valence-corrected chi connectivity index (χ3v) is 4.62. The first-order valence-electron chi connectivity index (χ1n) is 9.75. The van der Waals surface area contributed by atoms with E-state index >= 15 is 0 Å². The van der Waals surface area contributed by atoms with Crippen molar-refractivity contribution in [3.8, 4) is 0 Å². The molecule has 6 nitrogen and oxygen atoms in total. The Morgan fingerprint density at radius 3 is 2.88 bits per heavy atom. The average molecular weight is 468 g/mol. The van der Waals surface area contributed by atoms with Gasteiger partial charge in [-0.15, -0.1) is 24.0 Å². The van der Waals surface area contributed by atoms with E-state index in [0.717, 1.165) is 58.3 Å². The van der Waals surface area contributed by atoms with E-state index < -0.39 is 0 Å². The lowest BCUT2D eigenvalue weighted by Crippen LogP contribution is -2.38. The van der Waals surface area contributed by atoms with Gasteiger partial charge in [0.2, 0.25) is 0 Å². The molecule has 2 aliphatic rings. The quantitative estimate of drug-likeness (QED) is 0.223. The number of nitrogens with one attached hydrogen (secondary N) is 2. The molecule has 0 amide bonds. The molecule has 0 radical (unpaired) electrons. The summed E-state index contributed by atoms with van der Waals surface area (Å²) in [6.07, 6.45) is 4.86. The van der Waals surface area contributed by atoms with Crippen molar-refractivity contribution in [1.29, 1.82) is 0 Å². The summed E-state index contributed by atoms with van der Waals surface area (Å²) in [5, 5.41) is 6.76. The zero-order valence-electron chi connectivity index (χ0n) is 16.0. The van der Waals surface area contributed by atoms with E-state index in [0.29, 0.717) is 12.0 Å². The summed E-state index contributed by atoms with van der Waals surface area (Å²) in [5.41, 5.74) is 0. The smallest absolute Gasteiger partial charge is 0.191 e. The molecule has 0 aromatic carbocycles. The molecule has 0 saturated carbocycles. The van der Waals surface area contributed by atoms with Crippen LogP contribution in [-0.4, -0.2) is 76.1 Å². The molecule has 2 saturated heterocycles. The van der Waals surface area contributed by atoms with Crippen molar-refractivity contribution in [2.45, 2.75) is 45.6 Å². The molecule has 0 aliphatic carbocycles. The van der Waals surface area contributed by atoms with Gasteiger partial charge in [-0.3, -0.25) is 4.99 Å². The summed E-state index contributed by atoms with van der Waals surface area (Å²) in [4.78, 5) is 7.33. The maximum absolute atomic E-state index is 5.79. The third-order valence-electron chi connectivity index (χ3n) is 4.62. The number of ether oxygens (including phenoxy) is 2. The number of likely N-dealkylation sites (tertiary alicyclic amines) is 1. The molecule has 2 heterocycles. The van der Waals surface area contributed by atoms with Crippen molar-refractivity contribution in [2.75, 3.05) is 59.1 Å². The first-order valence-corrected chi connectivity index (χ1v) is 9.75. The lowest BCUT2D eigenvalue weighted by atomic mass is 10.1. The summed E-state index contributed by atoms with van der Waals surface area (Å²) < 4.78 is 11.1. The maximum Gasteiger partial charge on any atom is 0.191 e. The molecule has 2 unspecified atom stereocenters. The van der Waals surface area contributed by atoms with Gasteiger partial charge < -0.3 is 25.0 Å². The Hall–Kier alpha value is -0.120. The minimum Gasteiger partial charge on any atom is -0.379 e. The van der Waals surface area contributed by atoms with Gasteiger partial charge >= 0.3 is 0 Å². The predicted octanol–water partition coefficient (Wildman–Crippen LogP) is 2.09. The largest absolute Gasteiger partial charge is 0.379 e. The number of hydrogen-bond donors (Lipinski definition) is 2. The van der Waals surface area contributed by atoms with Gasteiger partial charge in [-0.2, -0.15) is 0 Å². The number of hydrogen-bond acceptors (Lipinski definition) is 4. The highest BCUT2D eigenvalue weighted by Crippen LogP contribution is 2.16. The third kappa shape index (κ3) is 9.40. The van der Waals surface area contributed by atoms with Gasteiger partial charge in [-0.05, 0) is 51.6 Å². The van der Waals surface area contributed by atoms with Gasteiger partial charge in [-0.1, -0.05) is 6.92 Å². The molecule has 0 bridgehead atoms. The van der Waals surface area contributed by atoms with E-state index in [-0.39, 0.29) is 24.0 Å². The topological polar surface area (TPSA) is 58.1 Å². The summed E-state index contributed by atoms with van der Waals surface area (Å²) >= 11 is 0. The van der Waals surface area contributed by atoms with Crippen LogP contribution in [0.2, 0.25) is 0 Å². The Morgan fingerprint density at radius 2 is 2.16 bits per heavy atom. The first kappa shape index (κ1) is 22.9. The normalized spacial score (nSPS) is 24.3. The molecule has 2 atom stereocenters. The Morgan fingerprint density at radius 1 is 1.28 bits per heavy atom. The van der Waals surface area contributed by atoms with E-state index in [2.05, 4.69) is 29.4 Å². The number of aliphatic imine (C=N–C) groups is 1. The predicted molar refractivity (Wildman–Crippen MR) is 114 cm³/mol. The first-order chi connectivity index (χ1) is 11.8. The van der Waals surface area contributed by atoms with Gasteiger partial charge in [0, 0.05) is 39.4 Å². The van der Waals surface area contributed by atoms with Crippen LogP contribution in [0.5, 0.6) is 0 Å². The van der Waals surface area contributed by atoms with Crippen LogP contribution in [0.3, 0.4) is 0 Å². The van der Waals surface area contributed by atoms with E-state index in [1.54, 1.807) is 0 Å². The van der Waals surface area contributed by atoms with Gasteiger partial charge in [0.25, 0.3) is 0 Å². The second kappa shape index (κ2) is 14.0. The highest BCUT2D eigenvalue weighted by molar-refractivity contribution is 14.0. The van der Waals surface area contributed by atoms with Crippen LogP contribution in [0.4, 0.5) is 0 Å². The Labute approximate surface area is 170 Å². The molecule has 0 aromatic heterocycles. The Kier molecular flexibility index (Phi) is 12.8. The summed E-state index contributed by atoms with van der Waals surface area (Å²) in [5.74, 6) is 1.65. The van der Waals surface area contributed by atoms with Gasteiger partial charge in [-0.25, -0.2) is 0 Å². The van der Waals surface area contributed by atoms with E-state index in [1.807, 2.05) is 0 Å². The number of nitrogens with zero attached hydrogens (tertiary/aromatic N) is 2. The fraction of sp³-hybridized carbons (Fsp3) is 0.944. The zero-order chi connectivity index (χ0) is 17.0. The van der Waals surface area contributed by atoms with Crippen LogP contribution < -0.4 is 10.6 Å². The SMILES string of the molecule is CCCN1CCC(CN=C(NCC)NCCCOC2CCOC2)C1.I. The fourth-order valence-corrected chi connectivity index (χ4v) is 3.32. The summed E-state index contributed by atoms with van der Waals surface area (Å²) in [7, 11) is 0. The Bertz CT molecular complexity index is 365. The van der Waals surface area contributed by atoms with Crippen LogP contribution in [0, 0.1) is 5.92 Å². The van der Waals surface area contributed by atoms with Crippen molar-refractivity contribution >= 4 is 29.9 Å². The maximum atomic E-state index is 5.79. The van der Waals surface area contributed by atoms with Crippen LogP contribution in [0.15, 0.2) is 4.99 Å². The lowest BCUT2D eigenvalue weighted by molar-refractivity contribution is 0.0420. The van der Waals surface area contributed by atoms with E-state index in [4.69, 9.17) is 14.5 Å². The number of rotatable bonds is 10. The molecule has 25 heavy (non-hydrogen) atoms. The number of halogens is 1. The van der Waals surface area contributed by atoms with Crippen molar-refractivity contribution in [1.82, 2.24) is 15.5 Å². The van der Waals surface area contributed by atoms with Crippen LogP contribution in [-0.2, 0) is 9.47 Å². The molecular formula is C18H37IN4O2. The number of guanidine groups is 1. The van der Waals surface area contributed by atoms with Crippen molar-refractivity contribution in [3.05, 3.63) is 0 Å². The fourth-order valence-electron chi connectivity index (χ4n) is 3.32. The molecule has 2 fully saturated rings. The molecule has 2 aliphatic heterocycles. The molecule has 2 N–H and O–H groups in total. The van der Waals surface area contributed by atoms with E-state index in [9.17, 15) is 0 Å². The minimum atomic E-state index is 0. The van der Waals surface area contributed by atoms with Gasteiger partial charge in [0.05, 0.1) is 12.7 Å². The molecule has 148 valence electrons. The molecule has 0 aromatic rings. The summed E-state index contributed by atoms with van der Waals surface area (Å²) in [6, 6.07) is 0. The highest BCUT2D eigenvalue weighted by Gasteiger charge is 2.21. The lowest BCUT2D eigenvalue weighted by Gasteiger charge is -2.15. The molecule has 7 heteroatoms. The second-order valence-corrected chi connectivity index (χ2v) is 6.81. The molecular weight excluding hydrogens is 431 g/mol. The van der Waals surface area contributed by atoms with Gasteiger partial charge in [0.15, 0.2) is 5.96 Å². The monoisotopic (exact) mass is 468 g/mol. The molecule has 0 spiro atoms. The standard InChI is InChI=1S/C18H36N4O2.HI/c1-3-9-22-10-6-16(14-22)13-21-18(19-4-2)20-8-5-11-24-17-7-12-23-15-17;/h16-17H,3-15H2,1-2H3,(H2,19,20,21);1H. The Balaban J connectivity index is 0.00000312. The van der Waals surface area contributed by atoms with Gasteiger partial charge in [0.1, 0.15) is 0 Å². The minimum absolute atomic E-state index is 0. The zero-order valence-corrected chi connectivity index (χ0v) is 18.3.